The van der Waals surface area contributed by atoms with Crippen molar-refractivity contribution >= 4 is 5.91 Å². The third kappa shape index (κ3) is 1.94. The smallest absolute Gasteiger partial charge is 0.249 e. The molecule has 0 aliphatic rings. The van der Waals surface area contributed by atoms with E-state index in [9.17, 15) is 15.0 Å². The van der Waals surface area contributed by atoms with Gasteiger partial charge in [-0.15, -0.1) is 0 Å². The van der Waals surface area contributed by atoms with Crippen LogP contribution < -0.4 is 5.73 Å². The van der Waals surface area contributed by atoms with Crippen molar-refractivity contribution < 1.29 is 25.2 Å². The Morgan fingerprint density at radius 2 is 1.87 bits per heavy atom. The van der Waals surface area contributed by atoms with Crippen molar-refractivity contribution in [3.63, 3.8) is 0 Å². The molecule has 0 spiro atoms. The Balaban J connectivity index is 3.43. The van der Waals surface area contributed by atoms with Gasteiger partial charge < -0.3 is 26.2 Å². The highest BCUT2D eigenvalue weighted by molar-refractivity contribution is 5.96. The van der Waals surface area contributed by atoms with Crippen molar-refractivity contribution in [2.24, 2.45) is 5.73 Å². The van der Waals surface area contributed by atoms with Crippen LogP contribution in [0.5, 0.6) is 17.2 Å². The molecule has 1 amide bonds. The maximum absolute atomic E-state index is 10.9. The fourth-order valence-corrected chi connectivity index (χ4v) is 1.27. The molecule has 0 aromatic heterocycles. The number of amides is 1. The summed E-state index contributed by atoms with van der Waals surface area (Å²) in [5.41, 5.74) is 4.89. The molecule has 0 atom stereocenters. The first-order valence-corrected chi connectivity index (χ1v) is 4.16. The number of benzene rings is 1. The lowest BCUT2D eigenvalue weighted by molar-refractivity contribution is 0.0998. The molecule has 0 saturated carbocycles. The Bertz CT molecular complexity index is 402. The predicted molar refractivity (Wildman–Crippen MR) is 50.7 cm³/mol. The number of rotatable bonds is 3. The fourth-order valence-electron chi connectivity index (χ4n) is 1.27. The van der Waals surface area contributed by atoms with Crippen LogP contribution in [-0.2, 0) is 6.42 Å². The van der Waals surface area contributed by atoms with E-state index in [0.29, 0.717) is 0 Å². The first-order valence-electron chi connectivity index (χ1n) is 4.16. The second kappa shape index (κ2) is 4.05. The van der Waals surface area contributed by atoms with Gasteiger partial charge in [0.25, 0.3) is 0 Å². The Morgan fingerprint density at radius 1 is 1.27 bits per heavy atom. The molecule has 6 nitrogen and oxygen atoms in total. The Morgan fingerprint density at radius 3 is 2.33 bits per heavy atom. The lowest BCUT2D eigenvalue weighted by atomic mass is 10.0. The van der Waals surface area contributed by atoms with E-state index >= 15 is 0 Å². The first-order chi connectivity index (χ1) is 6.99. The van der Waals surface area contributed by atoms with Gasteiger partial charge >= 0.3 is 0 Å². The van der Waals surface area contributed by atoms with Gasteiger partial charge in [-0.05, 0) is 6.07 Å². The molecule has 0 bridgehead atoms. The lowest BCUT2D eigenvalue weighted by Gasteiger charge is -2.10. The van der Waals surface area contributed by atoms with Gasteiger partial charge in [-0.3, -0.25) is 4.79 Å². The molecule has 6 heteroatoms. The largest absolute Gasteiger partial charge is 0.504 e. The summed E-state index contributed by atoms with van der Waals surface area (Å²) in [5.74, 6) is -2.87. The summed E-state index contributed by atoms with van der Waals surface area (Å²) in [4.78, 5) is 10.9. The Labute approximate surface area is 85.2 Å². The molecule has 0 aliphatic heterocycles. The van der Waals surface area contributed by atoms with E-state index in [1.54, 1.807) is 0 Å². The van der Waals surface area contributed by atoms with Gasteiger partial charge in [0.05, 0.1) is 5.56 Å². The molecular formula is C9H11NO5. The van der Waals surface area contributed by atoms with Crippen LogP contribution in [0.4, 0.5) is 0 Å². The third-order valence-corrected chi connectivity index (χ3v) is 1.99. The van der Waals surface area contributed by atoms with Crippen molar-refractivity contribution in [2.45, 2.75) is 6.42 Å². The average molecular weight is 213 g/mol. The van der Waals surface area contributed by atoms with Gasteiger partial charge in [0, 0.05) is 18.6 Å². The van der Waals surface area contributed by atoms with Crippen LogP contribution in [0.2, 0.25) is 0 Å². The van der Waals surface area contributed by atoms with Crippen LogP contribution in [0.25, 0.3) is 0 Å². The number of aromatic hydroxyl groups is 3. The van der Waals surface area contributed by atoms with Crippen LogP contribution in [0.3, 0.4) is 0 Å². The quantitative estimate of drug-likeness (QED) is 0.430. The lowest BCUT2D eigenvalue weighted by Crippen LogP contribution is -2.14. The van der Waals surface area contributed by atoms with Crippen molar-refractivity contribution in [3.8, 4) is 17.2 Å². The van der Waals surface area contributed by atoms with Crippen molar-refractivity contribution in [1.29, 1.82) is 0 Å². The third-order valence-electron chi connectivity index (χ3n) is 1.99. The average Bonchev–Trinajstić information content (AvgIpc) is 2.18. The second-order valence-corrected chi connectivity index (χ2v) is 2.96. The van der Waals surface area contributed by atoms with E-state index in [4.69, 9.17) is 15.9 Å². The van der Waals surface area contributed by atoms with E-state index in [1.807, 2.05) is 0 Å². The number of hydrogen-bond acceptors (Lipinski definition) is 5. The summed E-state index contributed by atoms with van der Waals surface area (Å²) in [5, 5.41) is 36.4. The van der Waals surface area contributed by atoms with Gasteiger partial charge in [0.15, 0.2) is 11.5 Å². The zero-order valence-corrected chi connectivity index (χ0v) is 7.77. The zero-order valence-electron chi connectivity index (χ0n) is 7.77. The predicted octanol–water partition coefficient (Wildman–Crippen LogP) is -0.563. The molecule has 15 heavy (non-hydrogen) atoms. The Hall–Kier alpha value is -1.95. The van der Waals surface area contributed by atoms with Crippen LogP contribution in [0, 0.1) is 0 Å². The molecular weight excluding hydrogens is 202 g/mol. The summed E-state index contributed by atoms with van der Waals surface area (Å²) in [6.07, 6.45) is -0.0437. The molecule has 0 unspecified atom stereocenters. The minimum Gasteiger partial charge on any atom is -0.504 e. The van der Waals surface area contributed by atoms with Crippen LogP contribution in [-0.4, -0.2) is 32.9 Å². The molecule has 1 aromatic carbocycles. The molecule has 1 aromatic rings. The molecule has 0 aliphatic carbocycles. The van der Waals surface area contributed by atoms with Gasteiger partial charge in [0.1, 0.15) is 0 Å². The van der Waals surface area contributed by atoms with Crippen molar-refractivity contribution in [1.82, 2.24) is 0 Å². The summed E-state index contributed by atoms with van der Waals surface area (Å²) < 4.78 is 0. The zero-order chi connectivity index (χ0) is 11.6. The maximum atomic E-state index is 10.9. The number of phenolic OH excluding ortho intramolecular Hbond substituents is 3. The normalized spacial score (nSPS) is 10.2. The van der Waals surface area contributed by atoms with Gasteiger partial charge in [-0.2, -0.15) is 0 Å². The number of primary amides is 1. The highest BCUT2D eigenvalue weighted by Gasteiger charge is 2.19. The van der Waals surface area contributed by atoms with Crippen molar-refractivity contribution in [2.75, 3.05) is 6.61 Å². The molecule has 0 fully saturated rings. The molecule has 0 radical (unpaired) electrons. The summed E-state index contributed by atoms with van der Waals surface area (Å²) in [6.45, 7) is -0.321. The first kappa shape index (κ1) is 11.1. The van der Waals surface area contributed by atoms with Crippen LogP contribution in [0.1, 0.15) is 15.9 Å². The highest BCUT2D eigenvalue weighted by atomic mass is 16.3. The minimum absolute atomic E-state index is 0.0142. The van der Waals surface area contributed by atoms with Crippen LogP contribution in [0.15, 0.2) is 6.07 Å². The number of carbonyl (C=O) groups is 1. The standard InChI is InChI=1S/C9H11NO5/c10-9(15)5-3-6(12)8(14)7(13)4(5)1-2-11/h3,11-14H,1-2H2,(H2,10,15). The highest BCUT2D eigenvalue weighted by Crippen LogP contribution is 2.39. The van der Waals surface area contributed by atoms with Crippen molar-refractivity contribution in [3.05, 3.63) is 17.2 Å². The van der Waals surface area contributed by atoms with E-state index in [0.717, 1.165) is 6.07 Å². The summed E-state index contributed by atoms with van der Waals surface area (Å²) in [6, 6.07) is 0.947. The molecule has 0 saturated heterocycles. The van der Waals surface area contributed by atoms with Crippen LogP contribution >= 0.6 is 0 Å². The van der Waals surface area contributed by atoms with E-state index in [2.05, 4.69) is 0 Å². The number of carbonyl (C=O) groups excluding carboxylic acids is 1. The van der Waals surface area contributed by atoms with Gasteiger partial charge in [-0.1, -0.05) is 0 Å². The number of hydrogen-bond donors (Lipinski definition) is 5. The fraction of sp³-hybridized carbons (Fsp3) is 0.222. The minimum atomic E-state index is -0.857. The topological polar surface area (TPSA) is 124 Å². The number of aliphatic hydroxyl groups excluding tert-OH is 1. The molecule has 82 valence electrons. The molecule has 6 N–H and O–H groups in total. The van der Waals surface area contributed by atoms with Gasteiger partial charge in [-0.25, -0.2) is 0 Å². The molecule has 1 rings (SSSR count). The summed E-state index contributed by atoms with van der Waals surface area (Å²) in [7, 11) is 0. The van der Waals surface area contributed by atoms with E-state index in [-0.39, 0.29) is 24.2 Å². The summed E-state index contributed by atoms with van der Waals surface area (Å²) >= 11 is 0. The number of aliphatic hydroxyl groups is 1. The van der Waals surface area contributed by atoms with E-state index in [1.165, 1.54) is 0 Å². The monoisotopic (exact) mass is 213 g/mol. The van der Waals surface area contributed by atoms with E-state index < -0.39 is 23.2 Å². The van der Waals surface area contributed by atoms with Gasteiger partial charge in [0.2, 0.25) is 11.7 Å². The second-order valence-electron chi connectivity index (χ2n) is 2.96. The number of phenols is 3. The molecule has 0 heterocycles. The maximum Gasteiger partial charge on any atom is 0.249 e. The number of nitrogens with two attached hydrogens (primary N) is 1. The Kier molecular flexibility index (Phi) is 3.01. The SMILES string of the molecule is NC(=O)c1cc(O)c(O)c(O)c1CCO.